The van der Waals surface area contributed by atoms with Gasteiger partial charge < -0.3 is 5.73 Å². The van der Waals surface area contributed by atoms with E-state index in [1.165, 1.54) is 11.1 Å². The molecular formula is C15H18N2. The number of aromatic nitrogens is 1. The van der Waals surface area contributed by atoms with Crippen LogP contribution in [0.1, 0.15) is 30.9 Å². The Kier molecular flexibility index (Phi) is 3.14. The molecular weight excluding hydrogens is 208 g/mol. The molecule has 1 heterocycles. The van der Waals surface area contributed by atoms with E-state index in [0.29, 0.717) is 5.92 Å². The van der Waals surface area contributed by atoms with Crippen LogP contribution >= 0.6 is 0 Å². The van der Waals surface area contributed by atoms with Crippen molar-refractivity contribution in [1.29, 1.82) is 0 Å². The Morgan fingerprint density at radius 1 is 1.18 bits per heavy atom. The predicted molar refractivity (Wildman–Crippen MR) is 72.9 cm³/mol. The SMILES string of the molecule is Cc1cccc(-c2ncc(C(C)C)cc2N)c1. The van der Waals surface area contributed by atoms with E-state index in [0.717, 1.165) is 16.9 Å². The quantitative estimate of drug-likeness (QED) is 0.846. The maximum atomic E-state index is 6.08. The topological polar surface area (TPSA) is 38.9 Å². The van der Waals surface area contributed by atoms with Crippen molar-refractivity contribution in [3.8, 4) is 11.3 Å². The van der Waals surface area contributed by atoms with Gasteiger partial charge in [-0.15, -0.1) is 0 Å². The summed E-state index contributed by atoms with van der Waals surface area (Å²) in [6.45, 7) is 6.35. The minimum Gasteiger partial charge on any atom is -0.397 e. The minimum atomic E-state index is 0.455. The maximum Gasteiger partial charge on any atom is 0.0931 e. The third-order valence-electron chi connectivity index (χ3n) is 2.90. The number of hydrogen-bond donors (Lipinski definition) is 1. The van der Waals surface area contributed by atoms with Crippen molar-refractivity contribution >= 4 is 5.69 Å². The molecule has 0 fully saturated rings. The fraction of sp³-hybridized carbons (Fsp3) is 0.267. The molecule has 2 N–H and O–H groups in total. The van der Waals surface area contributed by atoms with E-state index in [1.807, 2.05) is 24.4 Å². The third kappa shape index (κ3) is 2.47. The molecule has 0 aliphatic carbocycles. The van der Waals surface area contributed by atoms with E-state index in [4.69, 9.17) is 5.73 Å². The highest BCUT2D eigenvalue weighted by Crippen LogP contribution is 2.26. The van der Waals surface area contributed by atoms with Crippen molar-refractivity contribution < 1.29 is 0 Å². The fourth-order valence-electron chi connectivity index (χ4n) is 1.85. The zero-order valence-corrected chi connectivity index (χ0v) is 10.6. The number of nitrogens with two attached hydrogens (primary N) is 1. The van der Waals surface area contributed by atoms with Gasteiger partial charge in [-0.05, 0) is 30.5 Å². The van der Waals surface area contributed by atoms with Gasteiger partial charge in [-0.1, -0.05) is 37.6 Å². The Hall–Kier alpha value is -1.83. The number of benzene rings is 1. The number of nitrogens with zero attached hydrogens (tertiary/aromatic N) is 1. The van der Waals surface area contributed by atoms with Gasteiger partial charge in [0.2, 0.25) is 0 Å². The van der Waals surface area contributed by atoms with Crippen LogP contribution in [0.5, 0.6) is 0 Å². The average molecular weight is 226 g/mol. The Labute approximate surface area is 103 Å². The van der Waals surface area contributed by atoms with Gasteiger partial charge in [0.05, 0.1) is 11.4 Å². The lowest BCUT2D eigenvalue weighted by Gasteiger charge is -2.10. The molecule has 1 aromatic carbocycles. The molecule has 0 unspecified atom stereocenters. The lowest BCUT2D eigenvalue weighted by molar-refractivity contribution is 0.859. The highest BCUT2D eigenvalue weighted by Gasteiger charge is 2.07. The standard InChI is InChI=1S/C15H18N2/c1-10(2)13-8-14(16)15(17-9-13)12-6-4-5-11(3)7-12/h4-10H,16H2,1-3H3. The number of nitrogen functional groups attached to an aromatic ring is 1. The van der Waals surface area contributed by atoms with E-state index >= 15 is 0 Å². The first kappa shape index (κ1) is 11.6. The number of anilines is 1. The van der Waals surface area contributed by atoms with E-state index in [9.17, 15) is 0 Å². The van der Waals surface area contributed by atoms with Crippen LogP contribution in [0.4, 0.5) is 5.69 Å². The van der Waals surface area contributed by atoms with Crippen molar-refractivity contribution in [3.05, 3.63) is 47.7 Å². The summed E-state index contributed by atoms with van der Waals surface area (Å²) in [4.78, 5) is 4.49. The van der Waals surface area contributed by atoms with Crippen LogP contribution in [0.2, 0.25) is 0 Å². The van der Waals surface area contributed by atoms with Crippen molar-refractivity contribution in [2.24, 2.45) is 0 Å². The number of pyridine rings is 1. The smallest absolute Gasteiger partial charge is 0.0931 e. The average Bonchev–Trinajstić information content (AvgIpc) is 2.28. The minimum absolute atomic E-state index is 0.455. The summed E-state index contributed by atoms with van der Waals surface area (Å²) < 4.78 is 0. The zero-order chi connectivity index (χ0) is 12.4. The van der Waals surface area contributed by atoms with Gasteiger partial charge in [0, 0.05) is 11.8 Å². The molecule has 1 aromatic heterocycles. The lowest BCUT2D eigenvalue weighted by Crippen LogP contribution is -1.97. The maximum absolute atomic E-state index is 6.08. The summed E-state index contributed by atoms with van der Waals surface area (Å²) in [5, 5.41) is 0. The molecule has 88 valence electrons. The molecule has 0 bridgehead atoms. The van der Waals surface area contributed by atoms with Crippen LogP contribution in [0.3, 0.4) is 0 Å². The molecule has 0 radical (unpaired) electrons. The fourth-order valence-corrected chi connectivity index (χ4v) is 1.85. The zero-order valence-electron chi connectivity index (χ0n) is 10.6. The molecule has 0 spiro atoms. The number of hydrogen-bond acceptors (Lipinski definition) is 2. The van der Waals surface area contributed by atoms with Crippen molar-refractivity contribution in [2.75, 3.05) is 5.73 Å². The van der Waals surface area contributed by atoms with Gasteiger partial charge in [0.15, 0.2) is 0 Å². The first-order valence-electron chi connectivity index (χ1n) is 5.90. The van der Waals surface area contributed by atoms with E-state index < -0.39 is 0 Å². The Morgan fingerprint density at radius 3 is 2.53 bits per heavy atom. The molecule has 17 heavy (non-hydrogen) atoms. The molecule has 2 heteroatoms. The van der Waals surface area contributed by atoms with E-state index in [1.54, 1.807) is 0 Å². The van der Waals surface area contributed by atoms with Gasteiger partial charge in [-0.25, -0.2) is 0 Å². The van der Waals surface area contributed by atoms with Crippen LogP contribution in [0, 0.1) is 6.92 Å². The first-order chi connectivity index (χ1) is 8.08. The lowest BCUT2D eigenvalue weighted by atomic mass is 10.0. The van der Waals surface area contributed by atoms with Crippen molar-refractivity contribution in [2.45, 2.75) is 26.7 Å². The Balaban J connectivity index is 2.47. The van der Waals surface area contributed by atoms with E-state index in [-0.39, 0.29) is 0 Å². The Morgan fingerprint density at radius 2 is 1.94 bits per heavy atom. The van der Waals surface area contributed by atoms with Crippen LogP contribution in [-0.2, 0) is 0 Å². The highest BCUT2D eigenvalue weighted by atomic mass is 14.7. The van der Waals surface area contributed by atoms with Crippen molar-refractivity contribution in [3.63, 3.8) is 0 Å². The van der Waals surface area contributed by atoms with Crippen molar-refractivity contribution in [1.82, 2.24) is 4.98 Å². The van der Waals surface area contributed by atoms with Crippen LogP contribution in [-0.4, -0.2) is 4.98 Å². The molecule has 2 rings (SSSR count). The van der Waals surface area contributed by atoms with Gasteiger partial charge in [-0.2, -0.15) is 0 Å². The molecule has 0 aliphatic heterocycles. The molecule has 0 saturated carbocycles. The number of aryl methyl sites for hydroxylation is 1. The van der Waals surface area contributed by atoms with Crippen LogP contribution in [0.15, 0.2) is 36.5 Å². The van der Waals surface area contributed by atoms with Gasteiger partial charge in [0.25, 0.3) is 0 Å². The van der Waals surface area contributed by atoms with Crippen LogP contribution < -0.4 is 5.73 Å². The molecule has 2 nitrogen and oxygen atoms in total. The molecule has 0 saturated heterocycles. The third-order valence-corrected chi connectivity index (χ3v) is 2.90. The van der Waals surface area contributed by atoms with Gasteiger partial charge in [0.1, 0.15) is 0 Å². The van der Waals surface area contributed by atoms with Gasteiger partial charge >= 0.3 is 0 Å². The second-order valence-corrected chi connectivity index (χ2v) is 4.73. The number of rotatable bonds is 2. The monoisotopic (exact) mass is 226 g/mol. The second-order valence-electron chi connectivity index (χ2n) is 4.73. The summed E-state index contributed by atoms with van der Waals surface area (Å²) in [6, 6.07) is 10.3. The summed E-state index contributed by atoms with van der Waals surface area (Å²) in [5.74, 6) is 0.455. The molecule has 0 amide bonds. The first-order valence-corrected chi connectivity index (χ1v) is 5.90. The molecule has 2 aromatic rings. The Bertz CT molecular complexity index is 530. The summed E-state index contributed by atoms with van der Waals surface area (Å²) in [7, 11) is 0. The summed E-state index contributed by atoms with van der Waals surface area (Å²) in [5.41, 5.74) is 11.2. The summed E-state index contributed by atoms with van der Waals surface area (Å²) in [6.07, 6.45) is 1.92. The predicted octanol–water partition coefficient (Wildman–Crippen LogP) is 3.76. The summed E-state index contributed by atoms with van der Waals surface area (Å²) >= 11 is 0. The van der Waals surface area contributed by atoms with E-state index in [2.05, 4.69) is 37.9 Å². The van der Waals surface area contributed by atoms with Gasteiger partial charge in [-0.3, -0.25) is 4.98 Å². The molecule has 0 atom stereocenters. The van der Waals surface area contributed by atoms with Crippen LogP contribution in [0.25, 0.3) is 11.3 Å². The normalized spacial score (nSPS) is 10.8. The second kappa shape index (κ2) is 4.58. The highest BCUT2D eigenvalue weighted by molar-refractivity contribution is 5.73. The largest absolute Gasteiger partial charge is 0.397 e. The molecule has 0 aliphatic rings.